The lowest BCUT2D eigenvalue weighted by Gasteiger charge is -2.32. The first-order chi connectivity index (χ1) is 12.6. The molecule has 1 aliphatic heterocycles. The predicted molar refractivity (Wildman–Crippen MR) is 99.5 cm³/mol. The number of nitrogens with zero attached hydrogens (tertiary/aromatic N) is 3. The van der Waals surface area contributed by atoms with E-state index in [1.54, 1.807) is 11.8 Å². The van der Waals surface area contributed by atoms with Gasteiger partial charge in [-0.05, 0) is 53.4 Å². The molecule has 1 atom stereocenters. The van der Waals surface area contributed by atoms with Crippen LogP contribution in [0.5, 0.6) is 11.5 Å². The molecular weight excluding hydrogens is 400 g/mol. The molecule has 1 aromatic heterocycles. The minimum Gasteiger partial charge on any atom is -0.492 e. The van der Waals surface area contributed by atoms with E-state index in [-0.39, 0.29) is 11.8 Å². The Kier molecular flexibility index (Phi) is 4.44. The fourth-order valence-corrected chi connectivity index (χ4v) is 4.23. The quantitative estimate of drug-likeness (QED) is 0.818. The Labute approximate surface area is 159 Å². The molecule has 1 N–H and O–H groups in total. The van der Waals surface area contributed by atoms with Gasteiger partial charge in [-0.1, -0.05) is 0 Å². The number of carbonyl (C=O) groups excluding carboxylic acids is 1. The summed E-state index contributed by atoms with van der Waals surface area (Å²) < 4.78 is 13.7. The minimum absolute atomic E-state index is 0.148. The summed E-state index contributed by atoms with van der Waals surface area (Å²) in [5.41, 5.74) is 2.60. The molecule has 0 spiro atoms. The molecule has 0 saturated heterocycles. The van der Waals surface area contributed by atoms with Crippen molar-refractivity contribution in [1.29, 1.82) is 0 Å². The fraction of sp³-hybridized carbons (Fsp3) is 0.389. The number of nitrogens with one attached hydrogen (secondary N) is 1. The lowest BCUT2D eigenvalue weighted by Crippen LogP contribution is -2.31. The maximum absolute atomic E-state index is 12.7. The van der Waals surface area contributed by atoms with Crippen molar-refractivity contribution in [3.8, 4) is 11.5 Å². The number of fused-ring (bicyclic) bond motifs is 1. The first kappa shape index (κ1) is 17.1. The zero-order valence-corrected chi connectivity index (χ0v) is 16.2. The van der Waals surface area contributed by atoms with Crippen molar-refractivity contribution in [1.82, 2.24) is 14.8 Å². The standard InChI is InChI=1S/C18H19BrN4O3/c1-3-26-14-8-10(7-11(19)17(14)25-2)16-15-12(5-4-6-13(15)24)22-18-20-9-21-23(16)18/h7-9,16H,3-6H2,1-2H3,(H,20,21,22). The molecule has 8 heteroatoms. The van der Waals surface area contributed by atoms with E-state index in [0.717, 1.165) is 34.1 Å². The number of aromatic nitrogens is 3. The van der Waals surface area contributed by atoms with Crippen molar-refractivity contribution >= 4 is 27.7 Å². The molecule has 2 aliphatic rings. The molecule has 2 heterocycles. The number of ketones is 1. The van der Waals surface area contributed by atoms with Gasteiger partial charge in [0.2, 0.25) is 5.95 Å². The van der Waals surface area contributed by atoms with Crippen LogP contribution in [0.2, 0.25) is 0 Å². The molecule has 0 bridgehead atoms. The summed E-state index contributed by atoms with van der Waals surface area (Å²) in [5.74, 6) is 2.06. The molecule has 7 nitrogen and oxygen atoms in total. The van der Waals surface area contributed by atoms with E-state index in [4.69, 9.17) is 9.47 Å². The van der Waals surface area contributed by atoms with Gasteiger partial charge in [-0.2, -0.15) is 10.1 Å². The van der Waals surface area contributed by atoms with Gasteiger partial charge in [0, 0.05) is 17.7 Å². The second-order valence-corrected chi connectivity index (χ2v) is 7.05. The normalized spacial score (nSPS) is 18.9. The molecule has 1 aromatic carbocycles. The molecule has 1 unspecified atom stereocenters. The summed E-state index contributed by atoms with van der Waals surface area (Å²) in [6.07, 6.45) is 3.74. The van der Waals surface area contributed by atoms with Gasteiger partial charge >= 0.3 is 0 Å². The van der Waals surface area contributed by atoms with Crippen LogP contribution in [0.4, 0.5) is 5.95 Å². The zero-order chi connectivity index (χ0) is 18.3. The maximum atomic E-state index is 12.7. The average Bonchev–Trinajstić information content (AvgIpc) is 3.08. The van der Waals surface area contributed by atoms with Crippen LogP contribution in [0.15, 0.2) is 34.2 Å². The van der Waals surface area contributed by atoms with Crippen LogP contribution in [0, 0.1) is 0 Å². The number of hydrogen-bond acceptors (Lipinski definition) is 6. The summed E-state index contributed by atoms with van der Waals surface area (Å²) in [4.78, 5) is 17.0. The van der Waals surface area contributed by atoms with E-state index in [2.05, 4.69) is 31.3 Å². The molecule has 1 aliphatic carbocycles. The van der Waals surface area contributed by atoms with Gasteiger partial charge in [0.05, 0.1) is 18.2 Å². The van der Waals surface area contributed by atoms with Crippen LogP contribution in [0.3, 0.4) is 0 Å². The summed E-state index contributed by atoms with van der Waals surface area (Å²) >= 11 is 3.56. The summed E-state index contributed by atoms with van der Waals surface area (Å²) in [6.45, 7) is 2.44. The van der Waals surface area contributed by atoms with Crippen molar-refractivity contribution in [2.75, 3.05) is 19.0 Å². The number of methoxy groups -OCH3 is 1. The molecule has 0 saturated carbocycles. The first-order valence-electron chi connectivity index (χ1n) is 8.57. The van der Waals surface area contributed by atoms with E-state index in [1.165, 1.54) is 6.33 Å². The lowest BCUT2D eigenvalue weighted by molar-refractivity contribution is -0.116. The van der Waals surface area contributed by atoms with Crippen molar-refractivity contribution in [2.24, 2.45) is 0 Å². The highest BCUT2D eigenvalue weighted by Gasteiger charge is 2.36. The van der Waals surface area contributed by atoms with Crippen LogP contribution >= 0.6 is 15.9 Å². The number of Topliss-reactive ketones (excluding diaryl/α,β-unsaturated/α-hetero) is 1. The van der Waals surface area contributed by atoms with E-state index < -0.39 is 0 Å². The number of carbonyl (C=O) groups is 1. The van der Waals surface area contributed by atoms with Gasteiger partial charge in [0.1, 0.15) is 12.4 Å². The highest BCUT2D eigenvalue weighted by atomic mass is 79.9. The predicted octanol–water partition coefficient (Wildman–Crippen LogP) is 3.47. The number of halogens is 1. The molecule has 0 amide bonds. The third-order valence-electron chi connectivity index (χ3n) is 4.66. The number of ether oxygens (including phenoxy) is 2. The van der Waals surface area contributed by atoms with Crippen LogP contribution in [-0.2, 0) is 4.79 Å². The zero-order valence-electron chi connectivity index (χ0n) is 14.6. The number of rotatable bonds is 4. The number of anilines is 1. The maximum Gasteiger partial charge on any atom is 0.226 e. The second kappa shape index (κ2) is 6.75. The van der Waals surface area contributed by atoms with E-state index in [0.29, 0.717) is 30.5 Å². The van der Waals surface area contributed by atoms with Crippen LogP contribution in [-0.4, -0.2) is 34.3 Å². The average molecular weight is 419 g/mol. The Balaban J connectivity index is 1.91. The molecule has 136 valence electrons. The largest absolute Gasteiger partial charge is 0.492 e. The second-order valence-electron chi connectivity index (χ2n) is 6.19. The van der Waals surface area contributed by atoms with Gasteiger partial charge in [0.25, 0.3) is 0 Å². The van der Waals surface area contributed by atoms with Crippen LogP contribution < -0.4 is 14.8 Å². The lowest BCUT2D eigenvalue weighted by atomic mass is 9.85. The van der Waals surface area contributed by atoms with Gasteiger partial charge in [-0.3, -0.25) is 4.79 Å². The Morgan fingerprint density at radius 3 is 3.00 bits per heavy atom. The highest BCUT2D eigenvalue weighted by molar-refractivity contribution is 9.10. The van der Waals surface area contributed by atoms with Crippen molar-refractivity contribution in [2.45, 2.75) is 32.2 Å². The first-order valence-corrected chi connectivity index (χ1v) is 9.36. The third kappa shape index (κ3) is 2.68. The fourth-order valence-electron chi connectivity index (χ4n) is 3.61. The number of hydrogen-bond donors (Lipinski definition) is 1. The van der Waals surface area contributed by atoms with Gasteiger partial charge in [-0.15, -0.1) is 0 Å². The number of benzene rings is 1. The van der Waals surface area contributed by atoms with E-state index in [9.17, 15) is 4.79 Å². The molecule has 2 aromatic rings. The Morgan fingerprint density at radius 2 is 2.23 bits per heavy atom. The smallest absolute Gasteiger partial charge is 0.226 e. The summed E-state index contributed by atoms with van der Waals surface area (Å²) in [6, 6.07) is 3.54. The molecular formula is C18H19BrN4O3. The van der Waals surface area contributed by atoms with E-state index in [1.807, 2.05) is 19.1 Å². The van der Waals surface area contributed by atoms with Crippen LogP contribution in [0.25, 0.3) is 0 Å². The topological polar surface area (TPSA) is 78.3 Å². The van der Waals surface area contributed by atoms with Crippen molar-refractivity contribution in [3.63, 3.8) is 0 Å². The Morgan fingerprint density at radius 1 is 1.38 bits per heavy atom. The Bertz CT molecular complexity index is 906. The SMILES string of the molecule is CCOc1cc(C2C3=C(CCCC3=O)Nc3ncnn32)cc(Br)c1OC. The number of allylic oxidation sites excluding steroid dienone is 2. The molecule has 26 heavy (non-hydrogen) atoms. The van der Waals surface area contributed by atoms with Crippen molar-refractivity contribution in [3.05, 3.63) is 39.8 Å². The summed E-state index contributed by atoms with van der Waals surface area (Å²) in [7, 11) is 1.60. The highest BCUT2D eigenvalue weighted by Crippen LogP contribution is 2.44. The molecule has 0 fully saturated rings. The van der Waals surface area contributed by atoms with Gasteiger partial charge < -0.3 is 14.8 Å². The van der Waals surface area contributed by atoms with Gasteiger partial charge in [0.15, 0.2) is 17.3 Å². The third-order valence-corrected chi connectivity index (χ3v) is 5.25. The van der Waals surface area contributed by atoms with Crippen molar-refractivity contribution < 1.29 is 14.3 Å². The molecule has 0 radical (unpaired) electrons. The minimum atomic E-state index is -0.335. The summed E-state index contributed by atoms with van der Waals surface area (Å²) in [5, 5.41) is 7.62. The molecule has 4 rings (SSSR count). The Hall–Kier alpha value is -2.35. The van der Waals surface area contributed by atoms with Crippen LogP contribution in [0.1, 0.15) is 37.8 Å². The monoisotopic (exact) mass is 418 g/mol. The van der Waals surface area contributed by atoms with E-state index >= 15 is 0 Å². The van der Waals surface area contributed by atoms with Gasteiger partial charge in [-0.25, -0.2) is 4.68 Å².